The van der Waals surface area contributed by atoms with Crippen LogP contribution in [0.1, 0.15) is 18.4 Å². The smallest absolute Gasteiger partial charge is 0.223 e. The first-order chi connectivity index (χ1) is 9.19. The topological polar surface area (TPSA) is 47.3 Å². The number of anilines is 1. The molecule has 1 atom stereocenters. The second kappa shape index (κ2) is 4.75. The zero-order chi connectivity index (χ0) is 13.4. The summed E-state index contributed by atoms with van der Waals surface area (Å²) < 4.78 is 0. The average molecular weight is 276 g/mol. The van der Waals surface area contributed by atoms with E-state index in [-0.39, 0.29) is 5.91 Å². The van der Waals surface area contributed by atoms with Gasteiger partial charge in [0, 0.05) is 32.1 Å². The average Bonchev–Trinajstić information content (AvgIpc) is 2.79. The maximum atomic E-state index is 11.6. The highest BCUT2D eigenvalue weighted by Crippen LogP contribution is 2.31. The number of piperazine rings is 1. The molecule has 1 aromatic rings. The molecule has 1 aromatic carbocycles. The highest BCUT2D eigenvalue weighted by atomic mass is 35.5. The number of benzene rings is 1. The van der Waals surface area contributed by atoms with E-state index < -0.39 is 0 Å². The number of rotatable bonds is 1. The van der Waals surface area contributed by atoms with Crippen molar-refractivity contribution in [3.05, 3.63) is 28.8 Å². The lowest BCUT2D eigenvalue weighted by Crippen LogP contribution is -2.51. The van der Waals surface area contributed by atoms with Crippen LogP contribution in [-0.4, -0.2) is 36.5 Å². The quantitative estimate of drug-likeness (QED) is 0.788. The van der Waals surface area contributed by atoms with Gasteiger partial charge in [-0.05, 0) is 24.6 Å². The lowest BCUT2D eigenvalue weighted by molar-refractivity contribution is -0.129. The van der Waals surface area contributed by atoms with E-state index in [1.54, 1.807) is 12.1 Å². The molecule has 2 fully saturated rings. The largest absolute Gasteiger partial charge is 0.366 e. The molecule has 0 saturated carbocycles. The van der Waals surface area contributed by atoms with Gasteiger partial charge in [-0.25, -0.2) is 0 Å². The Hall–Kier alpha value is -1.73. The predicted octanol–water partition coefficient (Wildman–Crippen LogP) is 2.02. The van der Waals surface area contributed by atoms with Crippen molar-refractivity contribution in [1.29, 1.82) is 5.26 Å². The first-order valence-electron chi connectivity index (χ1n) is 6.43. The monoisotopic (exact) mass is 275 g/mol. The number of nitriles is 1. The second-order valence-electron chi connectivity index (χ2n) is 5.00. The Balaban J connectivity index is 1.81. The summed E-state index contributed by atoms with van der Waals surface area (Å²) >= 11 is 6.24. The normalized spacial score (nSPS) is 22.3. The molecule has 0 bridgehead atoms. The number of amides is 1. The van der Waals surface area contributed by atoms with E-state index in [1.165, 1.54) is 0 Å². The molecule has 19 heavy (non-hydrogen) atoms. The lowest BCUT2D eigenvalue weighted by atomic mass is 10.1. The molecule has 2 saturated heterocycles. The maximum Gasteiger partial charge on any atom is 0.223 e. The van der Waals surface area contributed by atoms with Gasteiger partial charge in [-0.1, -0.05) is 11.6 Å². The minimum Gasteiger partial charge on any atom is -0.366 e. The van der Waals surface area contributed by atoms with E-state index in [0.717, 1.165) is 31.7 Å². The van der Waals surface area contributed by atoms with Crippen LogP contribution in [0.3, 0.4) is 0 Å². The minimum absolute atomic E-state index is 0.274. The van der Waals surface area contributed by atoms with E-state index in [4.69, 9.17) is 16.9 Å². The number of hydrogen-bond donors (Lipinski definition) is 0. The van der Waals surface area contributed by atoms with Gasteiger partial charge in [0.25, 0.3) is 0 Å². The molecule has 1 amide bonds. The van der Waals surface area contributed by atoms with Crippen molar-refractivity contribution in [2.45, 2.75) is 18.9 Å². The maximum absolute atomic E-state index is 11.6. The molecule has 0 aromatic heterocycles. The summed E-state index contributed by atoms with van der Waals surface area (Å²) in [5.74, 6) is 0.274. The van der Waals surface area contributed by atoms with Crippen LogP contribution >= 0.6 is 11.6 Å². The Morgan fingerprint density at radius 3 is 2.95 bits per heavy atom. The molecular formula is C14H14ClN3O. The second-order valence-corrected chi connectivity index (χ2v) is 5.41. The lowest BCUT2D eigenvalue weighted by Gasteiger charge is -2.39. The molecule has 1 unspecified atom stereocenters. The highest BCUT2D eigenvalue weighted by molar-refractivity contribution is 6.33. The zero-order valence-electron chi connectivity index (χ0n) is 10.5. The molecule has 98 valence electrons. The molecule has 3 rings (SSSR count). The Labute approximate surface area is 117 Å². The fraction of sp³-hybridized carbons (Fsp3) is 0.429. The predicted molar refractivity (Wildman–Crippen MR) is 73.1 cm³/mol. The number of halogens is 1. The van der Waals surface area contributed by atoms with Gasteiger partial charge in [0.1, 0.15) is 0 Å². The fourth-order valence-electron chi connectivity index (χ4n) is 2.92. The van der Waals surface area contributed by atoms with Crippen LogP contribution in [0, 0.1) is 11.3 Å². The summed E-state index contributed by atoms with van der Waals surface area (Å²) in [7, 11) is 0. The number of carbonyl (C=O) groups excluding carboxylic acids is 1. The van der Waals surface area contributed by atoms with Gasteiger partial charge in [0.2, 0.25) is 5.91 Å². The molecule has 0 spiro atoms. The first-order valence-corrected chi connectivity index (χ1v) is 6.81. The van der Waals surface area contributed by atoms with E-state index >= 15 is 0 Å². The Kier molecular flexibility index (Phi) is 3.08. The van der Waals surface area contributed by atoms with Crippen molar-refractivity contribution < 1.29 is 4.79 Å². The van der Waals surface area contributed by atoms with Gasteiger partial charge >= 0.3 is 0 Å². The van der Waals surface area contributed by atoms with Crippen LogP contribution < -0.4 is 4.90 Å². The number of hydrogen-bond acceptors (Lipinski definition) is 3. The van der Waals surface area contributed by atoms with Crippen molar-refractivity contribution in [3.8, 4) is 6.07 Å². The molecule has 0 radical (unpaired) electrons. The van der Waals surface area contributed by atoms with Gasteiger partial charge in [0.15, 0.2) is 0 Å². The highest BCUT2D eigenvalue weighted by Gasteiger charge is 2.35. The summed E-state index contributed by atoms with van der Waals surface area (Å²) in [6.07, 6.45) is 1.60. The van der Waals surface area contributed by atoms with E-state index in [0.29, 0.717) is 23.0 Å². The van der Waals surface area contributed by atoms with E-state index in [2.05, 4.69) is 11.0 Å². The van der Waals surface area contributed by atoms with Gasteiger partial charge in [-0.15, -0.1) is 0 Å². The number of carbonyl (C=O) groups is 1. The van der Waals surface area contributed by atoms with Crippen LogP contribution in [-0.2, 0) is 4.79 Å². The summed E-state index contributed by atoms with van der Waals surface area (Å²) in [6, 6.07) is 7.78. The van der Waals surface area contributed by atoms with E-state index in [9.17, 15) is 4.79 Å². The van der Waals surface area contributed by atoms with Crippen LogP contribution in [0.25, 0.3) is 0 Å². The van der Waals surface area contributed by atoms with Crippen molar-refractivity contribution in [1.82, 2.24) is 4.90 Å². The molecule has 0 N–H and O–H groups in total. The molecule has 2 heterocycles. The van der Waals surface area contributed by atoms with Gasteiger partial charge < -0.3 is 9.80 Å². The summed E-state index contributed by atoms with van der Waals surface area (Å²) in [6.45, 7) is 2.39. The van der Waals surface area contributed by atoms with Crippen LogP contribution in [0.5, 0.6) is 0 Å². The summed E-state index contributed by atoms with van der Waals surface area (Å²) in [5, 5.41) is 9.46. The number of fused-ring (bicyclic) bond motifs is 1. The molecular weight excluding hydrogens is 262 g/mol. The molecule has 5 heteroatoms. The van der Waals surface area contributed by atoms with Crippen molar-refractivity contribution in [3.63, 3.8) is 0 Å². The van der Waals surface area contributed by atoms with Gasteiger partial charge in [-0.2, -0.15) is 5.26 Å². The van der Waals surface area contributed by atoms with Crippen LogP contribution in [0.4, 0.5) is 5.69 Å². The Morgan fingerprint density at radius 1 is 1.37 bits per heavy atom. The third kappa shape index (κ3) is 2.15. The SMILES string of the molecule is N#Cc1ccc(N2CCN3C(=O)CCC3C2)c(Cl)c1. The first kappa shape index (κ1) is 12.3. The molecule has 0 aliphatic carbocycles. The molecule has 2 aliphatic rings. The molecule has 4 nitrogen and oxygen atoms in total. The van der Waals surface area contributed by atoms with Crippen molar-refractivity contribution >= 4 is 23.2 Å². The van der Waals surface area contributed by atoms with E-state index in [1.807, 2.05) is 11.0 Å². The third-order valence-electron chi connectivity index (χ3n) is 3.91. The Morgan fingerprint density at radius 2 is 2.21 bits per heavy atom. The number of nitrogens with zero attached hydrogens (tertiary/aromatic N) is 3. The molecule has 2 aliphatic heterocycles. The minimum atomic E-state index is 0.274. The Bertz CT molecular complexity index is 566. The van der Waals surface area contributed by atoms with Gasteiger partial charge in [-0.3, -0.25) is 4.79 Å². The van der Waals surface area contributed by atoms with Crippen molar-refractivity contribution in [2.24, 2.45) is 0 Å². The standard InChI is InChI=1S/C14H14ClN3O/c15-12-7-10(8-16)1-3-13(12)17-5-6-18-11(9-17)2-4-14(18)19/h1,3,7,11H,2,4-6,9H2. The van der Waals surface area contributed by atoms with Gasteiger partial charge in [0.05, 0.1) is 22.3 Å². The fourth-order valence-corrected chi connectivity index (χ4v) is 3.22. The summed E-state index contributed by atoms with van der Waals surface area (Å²) in [4.78, 5) is 15.8. The summed E-state index contributed by atoms with van der Waals surface area (Å²) in [5.41, 5.74) is 1.53. The van der Waals surface area contributed by atoms with Crippen LogP contribution in [0.15, 0.2) is 18.2 Å². The van der Waals surface area contributed by atoms with Crippen molar-refractivity contribution in [2.75, 3.05) is 24.5 Å². The zero-order valence-corrected chi connectivity index (χ0v) is 11.2. The van der Waals surface area contributed by atoms with Crippen LogP contribution in [0.2, 0.25) is 5.02 Å². The third-order valence-corrected chi connectivity index (χ3v) is 4.21.